The summed E-state index contributed by atoms with van der Waals surface area (Å²) in [6.07, 6.45) is 0.388. The van der Waals surface area contributed by atoms with Crippen LogP contribution in [0, 0.1) is 0 Å². The molecule has 1 amide bonds. The number of nitrogens with one attached hydrogen (secondary N) is 1. The van der Waals surface area contributed by atoms with Crippen LogP contribution < -0.4 is 10.1 Å². The zero-order valence-electron chi connectivity index (χ0n) is 12.6. The largest absolute Gasteiger partial charge is 0.487 e. The molecule has 21 heavy (non-hydrogen) atoms. The monoisotopic (exact) mass is 315 g/mol. The molecule has 0 aliphatic rings. The van der Waals surface area contributed by atoms with Crippen molar-refractivity contribution in [2.75, 3.05) is 32.2 Å². The third-order valence-electron chi connectivity index (χ3n) is 2.56. The minimum absolute atomic E-state index is 0.108. The van der Waals surface area contributed by atoms with Crippen LogP contribution in [0.4, 0.5) is 5.69 Å². The van der Waals surface area contributed by atoms with Gasteiger partial charge in [0, 0.05) is 7.11 Å². The van der Waals surface area contributed by atoms with Crippen molar-refractivity contribution in [3.8, 4) is 5.75 Å². The highest BCUT2D eigenvalue weighted by Crippen LogP contribution is 2.32. The Kier molecular flexibility index (Phi) is 8.12. The van der Waals surface area contributed by atoms with Crippen molar-refractivity contribution in [2.45, 2.75) is 26.4 Å². The molecular weight excluding hydrogens is 294 g/mol. The van der Waals surface area contributed by atoms with E-state index in [4.69, 9.17) is 25.8 Å². The number of ether oxygens (including phenoxy) is 3. The summed E-state index contributed by atoms with van der Waals surface area (Å²) in [7, 11) is 1.59. The van der Waals surface area contributed by atoms with Gasteiger partial charge in [-0.25, -0.2) is 0 Å². The number of hydrogen-bond donors (Lipinski definition) is 1. The van der Waals surface area contributed by atoms with E-state index in [0.29, 0.717) is 36.3 Å². The van der Waals surface area contributed by atoms with E-state index >= 15 is 0 Å². The molecule has 0 saturated heterocycles. The zero-order valence-corrected chi connectivity index (χ0v) is 13.4. The summed E-state index contributed by atoms with van der Waals surface area (Å²) in [6, 6.07) is 5.21. The van der Waals surface area contributed by atoms with Gasteiger partial charge in [0.2, 0.25) is 5.91 Å². The molecule has 0 spiro atoms. The molecule has 0 aliphatic heterocycles. The van der Waals surface area contributed by atoms with Gasteiger partial charge < -0.3 is 19.5 Å². The Bertz CT molecular complexity index is 451. The molecule has 5 nitrogen and oxygen atoms in total. The maximum atomic E-state index is 11.9. The first-order valence-corrected chi connectivity index (χ1v) is 7.24. The van der Waals surface area contributed by atoms with Gasteiger partial charge in [-0.05, 0) is 26.0 Å². The molecule has 0 radical (unpaired) electrons. The van der Waals surface area contributed by atoms with E-state index in [2.05, 4.69) is 5.32 Å². The van der Waals surface area contributed by atoms with Crippen molar-refractivity contribution < 1.29 is 19.0 Å². The molecule has 0 heterocycles. The average molecular weight is 316 g/mol. The molecular formula is C15H22ClNO4. The van der Waals surface area contributed by atoms with E-state index in [9.17, 15) is 4.79 Å². The Morgan fingerprint density at radius 2 is 2.05 bits per heavy atom. The molecule has 1 N–H and O–H groups in total. The predicted octanol–water partition coefficient (Wildman–Crippen LogP) is 3.12. The minimum Gasteiger partial charge on any atom is -0.487 e. The molecule has 0 aromatic heterocycles. The van der Waals surface area contributed by atoms with E-state index in [1.165, 1.54) is 0 Å². The first-order chi connectivity index (χ1) is 10.0. The predicted molar refractivity (Wildman–Crippen MR) is 83.2 cm³/mol. The van der Waals surface area contributed by atoms with E-state index < -0.39 is 0 Å². The van der Waals surface area contributed by atoms with Crippen molar-refractivity contribution in [3.05, 3.63) is 23.2 Å². The summed E-state index contributed by atoms with van der Waals surface area (Å²) >= 11 is 6.10. The van der Waals surface area contributed by atoms with Crippen molar-refractivity contribution in [1.82, 2.24) is 0 Å². The van der Waals surface area contributed by atoms with Crippen LogP contribution in [0.15, 0.2) is 18.2 Å². The topological polar surface area (TPSA) is 56.8 Å². The molecule has 1 rings (SSSR count). The minimum atomic E-state index is -0.144. The van der Waals surface area contributed by atoms with Gasteiger partial charge in [0.15, 0.2) is 5.75 Å². The average Bonchev–Trinajstić information content (AvgIpc) is 2.41. The second-order valence-electron chi connectivity index (χ2n) is 4.68. The summed E-state index contributed by atoms with van der Waals surface area (Å²) in [4.78, 5) is 11.9. The first kappa shape index (κ1) is 17.8. The lowest BCUT2D eigenvalue weighted by Gasteiger charge is -2.14. The lowest BCUT2D eigenvalue weighted by atomic mass is 10.2. The molecule has 6 heteroatoms. The standard InChI is InChI=1S/C15H22ClNO4/c1-11(2)20-8-7-14(18)17-13-6-4-5-12(16)15(13)21-10-9-19-3/h4-6,11H,7-10H2,1-3H3,(H,17,18). The zero-order chi connectivity index (χ0) is 15.7. The van der Waals surface area contributed by atoms with Crippen LogP contribution in [0.5, 0.6) is 5.75 Å². The van der Waals surface area contributed by atoms with Crippen LogP contribution >= 0.6 is 11.6 Å². The summed E-state index contributed by atoms with van der Waals surface area (Å²) < 4.78 is 15.8. The van der Waals surface area contributed by atoms with Crippen LogP contribution in [-0.2, 0) is 14.3 Å². The smallest absolute Gasteiger partial charge is 0.226 e. The quantitative estimate of drug-likeness (QED) is 0.711. The number of rotatable bonds is 9. The normalized spacial score (nSPS) is 10.7. The van der Waals surface area contributed by atoms with Crippen molar-refractivity contribution >= 4 is 23.2 Å². The summed E-state index contributed by atoms with van der Waals surface area (Å²) in [5.41, 5.74) is 0.549. The van der Waals surface area contributed by atoms with Gasteiger partial charge in [-0.1, -0.05) is 17.7 Å². The van der Waals surface area contributed by atoms with Crippen molar-refractivity contribution in [1.29, 1.82) is 0 Å². The summed E-state index contributed by atoms with van der Waals surface area (Å²) in [5.74, 6) is 0.309. The highest BCUT2D eigenvalue weighted by molar-refractivity contribution is 6.32. The summed E-state index contributed by atoms with van der Waals surface area (Å²) in [5, 5.41) is 3.23. The Balaban J connectivity index is 2.60. The fourth-order valence-corrected chi connectivity index (χ4v) is 1.81. The molecule has 0 atom stereocenters. The van der Waals surface area contributed by atoms with Gasteiger partial charge in [-0.15, -0.1) is 0 Å². The molecule has 0 fully saturated rings. The third kappa shape index (κ3) is 6.80. The summed E-state index contributed by atoms with van der Waals surface area (Å²) in [6.45, 7) is 5.04. The van der Waals surface area contributed by atoms with Gasteiger partial charge >= 0.3 is 0 Å². The van der Waals surface area contributed by atoms with Gasteiger partial charge in [0.1, 0.15) is 6.61 Å². The number of para-hydroxylation sites is 1. The lowest BCUT2D eigenvalue weighted by Crippen LogP contribution is -2.17. The van der Waals surface area contributed by atoms with Gasteiger partial charge in [-0.2, -0.15) is 0 Å². The number of halogens is 1. The molecule has 1 aromatic carbocycles. The number of methoxy groups -OCH3 is 1. The Hall–Kier alpha value is -1.30. The van der Waals surface area contributed by atoms with Gasteiger partial charge in [-0.3, -0.25) is 4.79 Å². The SMILES string of the molecule is COCCOc1c(Cl)cccc1NC(=O)CCOC(C)C. The van der Waals surface area contributed by atoms with Crippen LogP contribution in [-0.4, -0.2) is 38.9 Å². The number of amides is 1. The van der Waals surface area contributed by atoms with Crippen LogP contribution in [0.2, 0.25) is 5.02 Å². The molecule has 0 saturated carbocycles. The first-order valence-electron chi connectivity index (χ1n) is 6.86. The fraction of sp³-hybridized carbons (Fsp3) is 0.533. The van der Waals surface area contributed by atoms with Gasteiger partial charge in [0.25, 0.3) is 0 Å². The second kappa shape index (κ2) is 9.60. The fourth-order valence-electron chi connectivity index (χ4n) is 1.58. The number of benzene rings is 1. The van der Waals surface area contributed by atoms with Gasteiger partial charge in [0.05, 0.1) is 36.4 Å². The molecule has 118 valence electrons. The van der Waals surface area contributed by atoms with Crippen LogP contribution in [0.25, 0.3) is 0 Å². The highest BCUT2D eigenvalue weighted by Gasteiger charge is 2.11. The Morgan fingerprint density at radius 1 is 1.29 bits per heavy atom. The van der Waals surface area contributed by atoms with Crippen molar-refractivity contribution in [3.63, 3.8) is 0 Å². The highest BCUT2D eigenvalue weighted by atomic mass is 35.5. The number of carbonyl (C=O) groups excluding carboxylic acids is 1. The van der Waals surface area contributed by atoms with Crippen LogP contribution in [0.1, 0.15) is 20.3 Å². The second-order valence-corrected chi connectivity index (χ2v) is 5.08. The molecule has 0 aliphatic carbocycles. The molecule has 0 unspecified atom stereocenters. The van der Waals surface area contributed by atoms with Crippen LogP contribution in [0.3, 0.4) is 0 Å². The van der Waals surface area contributed by atoms with E-state index in [1.54, 1.807) is 25.3 Å². The third-order valence-corrected chi connectivity index (χ3v) is 2.85. The van der Waals surface area contributed by atoms with E-state index in [0.717, 1.165) is 0 Å². The number of carbonyl (C=O) groups is 1. The molecule has 1 aromatic rings. The number of hydrogen-bond acceptors (Lipinski definition) is 4. The molecule has 0 bridgehead atoms. The number of anilines is 1. The Morgan fingerprint density at radius 3 is 2.71 bits per heavy atom. The Labute approximate surface area is 130 Å². The van der Waals surface area contributed by atoms with Crippen molar-refractivity contribution in [2.24, 2.45) is 0 Å². The maximum Gasteiger partial charge on any atom is 0.226 e. The van der Waals surface area contributed by atoms with E-state index in [-0.39, 0.29) is 18.4 Å². The maximum absolute atomic E-state index is 11.9. The van der Waals surface area contributed by atoms with E-state index in [1.807, 2.05) is 13.8 Å². The lowest BCUT2D eigenvalue weighted by molar-refractivity contribution is -0.117.